The first-order valence-electron chi connectivity index (χ1n) is 10.5. The van der Waals surface area contributed by atoms with Crippen molar-refractivity contribution < 1.29 is 14.3 Å². The molecular formula is C24H21N5O3S2. The van der Waals surface area contributed by atoms with Crippen LogP contribution in [0.5, 0.6) is 0 Å². The lowest BCUT2D eigenvalue weighted by Gasteiger charge is -2.09. The van der Waals surface area contributed by atoms with Crippen molar-refractivity contribution >= 4 is 40.1 Å². The number of anilines is 1. The molecule has 2 aromatic carbocycles. The van der Waals surface area contributed by atoms with Crippen LogP contribution in [0.2, 0.25) is 0 Å². The second-order valence-electron chi connectivity index (χ2n) is 7.01. The molecular weight excluding hydrogens is 470 g/mol. The summed E-state index contributed by atoms with van der Waals surface area (Å²) in [5, 5.41) is 12.0. The summed E-state index contributed by atoms with van der Waals surface area (Å²) in [5.41, 5.74) is 3.42. The molecule has 10 heteroatoms. The Hall–Kier alpha value is -3.63. The minimum absolute atomic E-state index is 0.0292. The van der Waals surface area contributed by atoms with Crippen molar-refractivity contribution in [3.63, 3.8) is 0 Å². The number of aryl methyl sites for hydroxylation is 1. The van der Waals surface area contributed by atoms with Crippen LogP contribution in [0.15, 0.2) is 71.9 Å². The summed E-state index contributed by atoms with van der Waals surface area (Å²) in [4.78, 5) is 33.5. The van der Waals surface area contributed by atoms with E-state index in [9.17, 15) is 9.59 Å². The van der Waals surface area contributed by atoms with Crippen LogP contribution in [0.3, 0.4) is 0 Å². The van der Waals surface area contributed by atoms with Gasteiger partial charge in [-0.15, -0.1) is 10.2 Å². The van der Waals surface area contributed by atoms with Crippen LogP contribution in [0.4, 0.5) is 5.13 Å². The van der Waals surface area contributed by atoms with Crippen LogP contribution in [-0.4, -0.2) is 44.4 Å². The molecule has 4 aromatic rings. The molecule has 4 rings (SSSR count). The lowest BCUT2D eigenvalue weighted by molar-refractivity contribution is -0.144. The van der Waals surface area contributed by atoms with Gasteiger partial charge in [-0.25, -0.2) is 9.97 Å². The molecule has 1 amide bonds. The average molecular weight is 492 g/mol. The van der Waals surface area contributed by atoms with Crippen molar-refractivity contribution in [3.8, 4) is 22.5 Å². The van der Waals surface area contributed by atoms with Crippen LogP contribution in [0.1, 0.15) is 11.9 Å². The number of nitrogens with zero attached hydrogens (tertiary/aromatic N) is 4. The van der Waals surface area contributed by atoms with E-state index in [-0.39, 0.29) is 5.75 Å². The van der Waals surface area contributed by atoms with Crippen molar-refractivity contribution in [2.24, 2.45) is 0 Å². The molecule has 0 aliphatic rings. The first-order valence-corrected chi connectivity index (χ1v) is 12.3. The van der Waals surface area contributed by atoms with E-state index in [0.717, 1.165) is 45.7 Å². The van der Waals surface area contributed by atoms with Crippen molar-refractivity contribution in [3.05, 3.63) is 71.7 Å². The molecule has 0 unspecified atom stereocenters. The molecule has 8 nitrogen and oxygen atoms in total. The monoisotopic (exact) mass is 491 g/mol. The Balaban J connectivity index is 1.39. The van der Waals surface area contributed by atoms with Gasteiger partial charge in [0.15, 0.2) is 11.8 Å². The Kier molecular flexibility index (Phi) is 7.95. The third-order valence-corrected chi connectivity index (χ3v) is 6.35. The first kappa shape index (κ1) is 23.5. The standard InChI is InChI=1S/C24H21N5O3S2/c1-2-21-28-29-24(34-21)27-20(30)14-32-22(31)15-33-23-25-18(16-9-5-3-6-10-16)13-19(26-23)17-11-7-4-8-12-17/h3-13H,2,14-15H2,1H3,(H,27,29,30). The number of thioether (sulfide) groups is 1. The molecule has 0 atom stereocenters. The van der Waals surface area contributed by atoms with Crippen LogP contribution < -0.4 is 5.32 Å². The number of nitrogens with one attached hydrogen (secondary N) is 1. The van der Waals surface area contributed by atoms with E-state index >= 15 is 0 Å². The number of rotatable bonds is 9. The molecule has 0 saturated carbocycles. The molecule has 0 spiro atoms. The van der Waals surface area contributed by atoms with Gasteiger partial charge in [0, 0.05) is 11.1 Å². The SMILES string of the molecule is CCc1nnc(NC(=O)COC(=O)CSc2nc(-c3ccccc3)cc(-c3ccccc3)n2)s1. The highest BCUT2D eigenvalue weighted by atomic mass is 32.2. The number of aromatic nitrogens is 4. The highest BCUT2D eigenvalue weighted by Gasteiger charge is 2.14. The van der Waals surface area contributed by atoms with Gasteiger partial charge in [0.2, 0.25) is 5.13 Å². The topological polar surface area (TPSA) is 107 Å². The number of benzene rings is 2. The van der Waals surface area contributed by atoms with Gasteiger partial charge in [-0.3, -0.25) is 14.9 Å². The number of amides is 1. The summed E-state index contributed by atoms with van der Waals surface area (Å²) in [6, 6.07) is 21.5. The fourth-order valence-electron chi connectivity index (χ4n) is 2.92. The fourth-order valence-corrected chi connectivity index (χ4v) is 4.27. The third-order valence-electron chi connectivity index (χ3n) is 4.54. The largest absolute Gasteiger partial charge is 0.455 e. The molecule has 0 bridgehead atoms. The average Bonchev–Trinajstić information content (AvgIpc) is 3.34. The second-order valence-corrected chi connectivity index (χ2v) is 9.01. The molecule has 2 aromatic heterocycles. The van der Waals surface area contributed by atoms with Gasteiger partial charge in [-0.2, -0.15) is 0 Å². The maximum Gasteiger partial charge on any atom is 0.316 e. The Morgan fingerprint density at radius 3 is 2.12 bits per heavy atom. The van der Waals surface area contributed by atoms with Crippen LogP contribution in [-0.2, 0) is 20.7 Å². The normalized spacial score (nSPS) is 10.6. The third kappa shape index (κ3) is 6.46. The Labute approximate surface area is 204 Å². The zero-order valence-electron chi connectivity index (χ0n) is 18.3. The second kappa shape index (κ2) is 11.5. The molecule has 0 saturated heterocycles. The number of esters is 1. The van der Waals surface area contributed by atoms with Gasteiger partial charge >= 0.3 is 5.97 Å². The summed E-state index contributed by atoms with van der Waals surface area (Å²) in [6.07, 6.45) is 0.735. The molecule has 0 aliphatic heterocycles. The quantitative estimate of drug-likeness (QED) is 0.207. The van der Waals surface area contributed by atoms with Gasteiger partial charge < -0.3 is 4.74 Å². The molecule has 0 aliphatic carbocycles. The predicted molar refractivity (Wildman–Crippen MR) is 133 cm³/mol. The molecule has 34 heavy (non-hydrogen) atoms. The maximum atomic E-state index is 12.2. The molecule has 1 N–H and O–H groups in total. The van der Waals surface area contributed by atoms with Crippen molar-refractivity contribution in [2.75, 3.05) is 17.7 Å². The predicted octanol–water partition coefficient (Wildman–Crippen LogP) is 4.50. The Morgan fingerprint density at radius 2 is 1.56 bits per heavy atom. The molecule has 0 radical (unpaired) electrons. The lowest BCUT2D eigenvalue weighted by atomic mass is 10.1. The van der Waals surface area contributed by atoms with Crippen LogP contribution in [0, 0.1) is 0 Å². The van der Waals surface area contributed by atoms with E-state index in [4.69, 9.17) is 4.74 Å². The smallest absolute Gasteiger partial charge is 0.316 e. The van der Waals surface area contributed by atoms with Gasteiger partial charge in [0.25, 0.3) is 5.91 Å². The van der Waals surface area contributed by atoms with Gasteiger partial charge in [0.05, 0.1) is 17.1 Å². The molecule has 172 valence electrons. The van der Waals surface area contributed by atoms with E-state index in [0.29, 0.717) is 10.3 Å². The minimum Gasteiger partial charge on any atom is -0.455 e. The van der Waals surface area contributed by atoms with E-state index in [1.54, 1.807) is 0 Å². The van der Waals surface area contributed by atoms with Crippen LogP contribution >= 0.6 is 23.1 Å². The van der Waals surface area contributed by atoms with Crippen molar-refractivity contribution in [1.82, 2.24) is 20.2 Å². The zero-order valence-corrected chi connectivity index (χ0v) is 19.9. The number of carbonyl (C=O) groups is 2. The van der Waals surface area contributed by atoms with Crippen LogP contribution in [0.25, 0.3) is 22.5 Å². The fraction of sp³-hybridized carbons (Fsp3) is 0.167. The number of hydrogen-bond acceptors (Lipinski definition) is 9. The Bertz CT molecular complexity index is 1210. The van der Waals surface area contributed by atoms with Crippen molar-refractivity contribution in [2.45, 2.75) is 18.5 Å². The van der Waals surface area contributed by atoms with Gasteiger partial charge in [-0.1, -0.05) is 90.7 Å². The number of ether oxygens (including phenoxy) is 1. The van der Waals surface area contributed by atoms with E-state index in [1.165, 1.54) is 11.3 Å². The van der Waals surface area contributed by atoms with Gasteiger partial charge in [-0.05, 0) is 12.5 Å². The van der Waals surface area contributed by atoms with E-state index < -0.39 is 18.5 Å². The maximum absolute atomic E-state index is 12.2. The number of carbonyl (C=O) groups excluding carboxylic acids is 2. The van der Waals surface area contributed by atoms with E-state index in [1.807, 2.05) is 73.7 Å². The molecule has 2 heterocycles. The summed E-state index contributed by atoms with van der Waals surface area (Å²) < 4.78 is 5.09. The van der Waals surface area contributed by atoms with Gasteiger partial charge in [0.1, 0.15) is 5.01 Å². The highest BCUT2D eigenvalue weighted by molar-refractivity contribution is 7.99. The number of hydrogen-bond donors (Lipinski definition) is 1. The lowest BCUT2D eigenvalue weighted by Crippen LogP contribution is -2.21. The summed E-state index contributed by atoms with van der Waals surface area (Å²) in [5.74, 6) is -1.04. The summed E-state index contributed by atoms with van der Waals surface area (Å²) in [7, 11) is 0. The molecule has 0 fully saturated rings. The summed E-state index contributed by atoms with van der Waals surface area (Å²) in [6.45, 7) is 1.55. The summed E-state index contributed by atoms with van der Waals surface area (Å²) >= 11 is 2.45. The highest BCUT2D eigenvalue weighted by Crippen LogP contribution is 2.27. The Morgan fingerprint density at radius 1 is 0.941 bits per heavy atom. The first-order chi connectivity index (χ1) is 16.6. The van der Waals surface area contributed by atoms with E-state index in [2.05, 4.69) is 25.5 Å². The van der Waals surface area contributed by atoms with Crippen molar-refractivity contribution in [1.29, 1.82) is 0 Å². The minimum atomic E-state index is -0.540. The zero-order chi connectivity index (χ0) is 23.8.